The van der Waals surface area contributed by atoms with Crippen LogP contribution in [-0.4, -0.2) is 84.7 Å². The van der Waals surface area contributed by atoms with Crippen LogP contribution in [0.15, 0.2) is 67.0 Å². The standard InChI is InChI=1S/C35H40N8O3S/c1-22(42-14-10-25(11-15-42)24-4-6-26(7-5-24)32(38)46-34(45)39-3)20-41-16-12-35(21-41)13-17-43(33(35)44)27-8-9-29(36)28(18-27)31(37)30-19-40-23(2)47-30/h4-10,18-19,37-38H,1,11-17,20-21,36H2,2-3H3,(H,39,45)/t35-/m0/s1. The molecule has 0 unspecified atom stereocenters. The lowest BCUT2D eigenvalue weighted by Crippen LogP contribution is -2.38. The number of alkyl carbamates (subject to hydrolysis) is 1. The number of nitrogens with one attached hydrogen (secondary N) is 3. The van der Waals surface area contributed by atoms with Crippen LogP contribution in [0.5, 0.6) is 0 Å². The molecule has 244 valence electrons. The van der Waals surface area contributed by atoms with Gasteiger partial charge in [0.15, 0.2) is 0 Å². The van der Waals surface area contributed by atoms with Gasteiger partial charge in [0.25, 0.3) is 0 Å². The molecule has 6 rings (SSSR count). The van der Waals surface area contributed by atoms with Gasteiger partial charge in [0.1, 0.15) is 0 Å². The summed E-state index contributed by atoms with van der Waals surface area (Å²) < 4.78 is 4.92. The lowest BCUT2D eigenvalue weighted by Gasteiger charge is -2.32. The van der Waals surface area contributed by atoms with Gasteiger partial charge in [-0.1, -0.05) is 24.8 Å². The second-order valence-corrected chi connectivity index (χ2v) is 13.6. The maximum absolute atomic E-state index is 13.9. The van der Waals surface area contributed by atoms with E-state index in [0.29, 0.717) is 35.6 Å². The van der Waals surface area contributed by atoms with E-state index < -0.39 is 11.5 Å². The molecule has 1 spiro atoms. The van der Waals surface area contributed by atoms with E-state index in [1.807, 2.05) is 36.1 Å². The highest BCUT2D eigenvalue weighted by atomic mass is 32.1. The summed E-state index contributed by atoms with van der Waals surface area (Å²) in [4.78, 5) is 36.9. The minimum atomic E-state index is -0.663. The minimum Gasteiger partial charge on any atom is -0.398 e. The normalized spacial score (nSPS) is 19.6. The lowest BCUT2D eigenvalue weighted by molar-refractivity contribution is -0.125. The van der Waals surface area contributed by atoms with Crippen molar-refractivity contribution in [1.29, 1.82) is 10.8 Å². The Labute approximate surface area is 278 Å². The molecule has 0 radical (unpaired) electrons. The molecule has 2 aromatic carbocycles. The van der Waals surface area contributed by atoms with Gasteiger partial charge in [0, 0.05) is 74.2 Å². The number of aryl methyl sites for hydroxylation is 1. The van der Waals surface area contributed by atoms with Gasteiger partial charge in [-0.3, -0.25) is 20.5 Å². The van der Waals surface area contributed by atoms with Crippen molar-refractivity contribution in [1.82, 2.24) is 20.1 Å². The van der Waals surface area contributed by atoms with Crippen molar-refractivity contribution < 1.29 is 14.3 Å². The Hall–Kier alpha value is -4.81. The second-order valence-electron chi connectivity index (χ2n) is 12.4. The number of hydrogen-bond donors (Lipinski definition) is 4. The number of hydrogen-bond acceptors (Lipinski definition) is 10. The first-order valence-corrected chi connectivity index (χ1v) is 16.5. The molecule has 4 heterocycles. The molecule has 5 N–H and O–H groups in total. The highest BCUT2D eigenvalue weighted by Gasteiger charge is 2.51. The van der Waals surface area contributed by atoms with Crippen LogP contribution in [0.25, 0.3) is 5.57 Å². The average Bonchev–Trinajstić information content (AvgIpc) is 3.79. The van der Waals surface area contributed by atoms with E-state index in [1.165, 1.54) is 24.0 Å². The molecular formula is C35H40N8O3S. The third-order valence-electron chi connectivity index (χ3n) is 9.41. The molecule has 0 saturated carbocycles. The molecule has 0 aliphatic carbocycles. The fourth-order valence-electron chi connectivity index (χ4n) is 6.69. The molecule has 3 aliphatic rings. The van der Waals surface area contributed by atoms with Crippen LogP contribution in [0.1, 0.15) is 45.8 Å². The number of amides is 2. The molecule has 1 atom stereocenters. The summed E-state index contributed by atoms with van der Waals surface area (Å²) in [6.45, 7) is 10.9. The summed E-state index contributed by atoms with van der Waals surface area (Å²) >= 11 is 1.46. The number of rotatable bonds is 8. The van der Waals surface area contributed by atoms with E-state index in [4.69, 9.17) is 21.3 Å². The molecule has 1 aromatic heterocycles. The van der Waals surface area contributed by atoms with Crippen LogP contribution in [0.2, 0.25) is 0 Å². The van der Waals surface area contributed by atoms with Gasteiger partial charge in [-0.15, -0.1) is 11.3 Å². The highest BCUT2D eigenvalue weighted by Crippen LogP contribution is 2.43. The molecule has 3 aromatic rings. The number of carbonyl (C=O) groups excluding carboxylic acids is 2. The Morgan fingerprint density at radius 1 is 1.15 bits per heavy atom. The van der Waals surface area contributed by atoms with Gasteiger partial charge in [-0.25, -0.2) is 9.78 Å². The number of likely N-dealkylation sites (tertiary alicyclic amines) is 1. The van der Waals surface area contributed by atoms with Gasteiger partial charge < -0.3 is 25.6 Å². The average molecular weight is 653 g/mol. The van der Waals surface area contributed by atoms with Crippen molar-refractivity contribution in [2.75, 3.05) is 56.9 Å². The predicted molar refractivity (Wildman–Crippen MR) is 186 cm³/mol. The van der Waals surface area contributed by atoms with Crippen LogP contribution in [0, 0.1) is 23.2 Å². The van der Waals surface area contributed by atoms with Crippen LogP contribution >= 0.6 is 11.3 Å². The largest absolute Gasteiger partial charge is 0.413 e. The minimum absolute atomic E-state index is 0.147. The van der Waals surface area contributed by atoms with E-state index in [-0.39, 0.29) is 11.8 Å². The van der Waals surface area contributed by atoms with E-state index in [2.05, 4.69) is 32.8 Å². The van der Waals surface area contributed by atoms with Crippen LogP contribution in [-0.2, 0) is 9.53 Å². The van der Waals surface area contributed by atoms with Crippen molar-refractivity contribution in [2.24, 2.45) is 5.41 Å². The number of benzene rings is 2. The van der Waals surface area contributed by atoms with Gasteiger partial charge in [-0.2, -0.15) is 0 Å². The maximum atomic E-state index is 13.9. The second kappa shape index (κ2) is 13.1. The summed E-state index contributed by atoms with van der Waals surface area (Å²) in [6, 6.07) is 13.0. The van der Waals surface area contributed by atoms with Crippen LogP contribution in [0.4, 0.5) is 16.2 Å². The summed E-state index contributed by atoms with van der Waals surface area (Å²) in [6.07, 6.45) is 5.74. The Morgan fingerprint density at radius 2 is 1.91 bits per heavy atom. The summed E-state index contributed by atoms with van der Waals surface area (Å²) in [5.41, 5.74) is 12.0. The molecule has 11 nitrogen and oxygen atoms in total. The Morgan fingerprint density at radius 3 is 2.60 bits per heavy atom. The Kier molecular flexibility index (Phi) is 8.98. The predicted octanol–water partition coefficient (Wildman–Crippen LogP) is 4.86. The number of anilines is 2. The fourth-order valence-corrected chi connectivity index (χ4v) is 7.43. The summed E-state index contributed by atoms with van der Waals surface area (Å²) in [7, 11) is 1.46. The summed E-state index contributed by atoms with van der Waals surface area (Å²) in [5.74, 6) is -0.0429. The summed E-state index contributed by atoms with van der Waals surface area (Å²) in [5, 5.41) is 19.9. The van der Waals surface area contributed by atoms with E-state index in [0.717, 1.165) is 72.3 Å². The first-order chi connectivity index (χ1) is 22.6. The van der Waals surface area contributed by atoms with Crippen molar-refractivity contribution in [2.45, 2.75) is 26.2 Å². The van der Waals surface area contributed by atoms with E-state index >= 15 is 0 Å². The van der Waals surface area contributed by atoms with Crippen molar-refractivity contribution in [3.8, 4) is 0 Å². The van der Waals surface area contributed by atoms with Gasteiger partial charge in [0.2, 0.25) is 11.8 Å². The molecule has 2 saturated heterocycles. The third kappa shape index (κ3) is 6.56. The van der Waals surface area contributed by atoms with E-state index in [9.17, 15) is 9.59 Å². The van der Waals surface area contributed by atoms with Crippen molar-refractivity contribution in [3.05, 3.63) is 93.6 Å². The number of nitrogen functional groups attached to an aromatic ring is 1. The molecule has 2 amide bonds. The zero-order valence-electron chi connectivity index (χ0n) is 26.8. The number of thiazole rings is 1. The van der Waals surface area contributed by atoms with Crippen molar-refractivity contribution in [3.63, 3.8) is 0 Å². The number of carbonyl (C=O) groups is 2. The Balaban J connectivity index is 1.04. The topological polar surface area (TPSA) is 152 Å². The third-order valence-corrected chi connectivity index (χ3v) is 10.3. The van der Waals surface area contributed by atoms with Crippen LogP contribution < -0.4 is 16.0 Å². The fraction of sp³-hybridized carbons (Fsp3) is 0.343. The van der Waals surface area contributed by atoms with Gasteiger partial charge in [-0.05, 0) is 74.2 Å². The molecule has 2 fully saturated rings. The molecular weight excluding hydrogens is 613 g/mol. The number of nitrogens with zero attached hydrogens (tertiary/aromatic N) is 4. The SMILES string of the molecule is C=C(CN1CC[C@]2(CCN(c3ccc(N)c(C(=N)c4cnc(C)s4)c3)C2=O)C1)N1CC=C(c2ccc(C(=N)OC(=O)NC)cc2)CC1. The number of aromatic nitrogens is 1. The van der Waals surface area contributed by atoms with Gasteiger partial charge in [0.05, 0.1) is 21.0 Å². The molecule has 0 bridgehead atoms. The van der Waals surface area contributed by atoms with Gasteiger partial charge >= 0.3 is 6.09 Å². The maximum Gasteiger partial charge on any atom is 0.413 e. The zero-order valence-corrected chi connectivity index (χ0v) is 27.6. The monoisotopic (exact) mass is 652 g/mol. The number of nitrogens with two attached hydrogens (primary N) is 1. The highest BCUT2D eigenvalue weighted by molar-refractivity contribution is 7.13. The molecule has 47 heavy (non-hydrogen) atoms. The lowest BCUT2D eigenvalue weighted by atomic mass is 9.85. The quantitative estimate of drug-likeness (QED) is 0.154. The zero-order chi connectivity index (χ0) is 33.3. The molecule has 3 aliphatic heterocycles. The Bertz CT molecular complexity index is 1780. The first kappa shape index (κ1) is 32.1. The first-order valence-electron chi connectivity index (χ1n) is 15.7. The van der Waals surface area contributed by atoms with Crippen molar-refractivity contribution >= 4 is 51.9 Å². The van der Waals surface area contributed by atoms with Crippen LogP contribution in [0.3, 0.4) is 0 Å². The number of ether oxygens (including phenoxy) is 1. The van der Waals surface area contributed by atoms with E-state index in [1.54, 1.807) is 24.4 Å². The molecule has 12 heteroatoms. The smallest absolute Gasteiger partial charge is 0.398 e.